The molecule has 1 aliphatic carbocycles. The third-order valence-electron chi connectivity index (χ3n) is 5.69. The first-order chi connectivity index (χ1) is 15.2. The summed E-state index contributed by atoms with van der Waals surface area (Å²) in [4.78, 5) is 26.1. The van der Waals surface area contributed by atoms with Crippen LogP contribution in [-0.4, -0.2) is 16.2 Å². The molecule has 0 bridgehead atoms. The highest BCUT2D eigenvalue weighted by Gasteiger charge is 2.23. The van der Waals surface area contributed by atoms with Crippen LogP contribution in [0.25, 0.3) is 10.1 Å². The number of amides is 2. The van der Waals surface area contributed by atoms with Crippen LogP contribution < -0.4 is 10.6 Å². The lowest BCUT2D eigenvalue weighted by molar-refractivity contribution is 0.0933. The molecule has 0 saturated heterocycles. The van der Waals surface area contributed by atoms with Gasteiger partial charge in [-0.1, -0.05) is 54.6 Å². The first-order valence-corrected chi connectivity index (χ1v) is 11.1. The lowest BCUT2D eigenvalue weighted by Gasteiger charge is -2.26. The Morgan fingerprint density at radius 1 is 0.903 bits per heavy atom. The molecule has 31 heavy (non-hydrogen) atoms. The zero-order valence-electron chi connectivity index (χ0n) is 16.8. The second kappa shape index (κ2) is 8.32. The molecule has 1 heterocycles. The second-order valence-corrected chi connectivity index (χ2v) is 8.45. The largest absolute Gasteiger partial charge is 0.345 e. The summed E-state index contributed by atoms with van der Waals surface area (Å²) >= 11 is 1.29. The molecule has 154 valence electrons. The van der Waals surface area contributed by atoms with E-state index in [-0.39, 0.29) is 17.9 Å². The Bertz CT molecular complexity index is 1280. The minimum atomic E-state index is -0.319. The second-order valence-electron chi connectivity index (χ2n) is 7.64. The number of rotatable bonds is 4. The summed E-state index contributed by atoms with van der Waals surface area (Å²) in [6.45, 7) is 0. The maximum Gasteiger partial charge on any atom is 0.276 e. The molecule has 5 rings (SSSR count). The highest BCUT2D eigenvalue weighted by molar-refractivity contribution is 7.13. The van der Waals surface area contributed by atoms with E-state index in [0.29, 0.717) is 16.9 Å². The van der Waals surface area contributed by atoms with Gasteiger partial charge in [-0.15, -0.1) is 0 Å². The minimum absolute atomic E-state index is 0.0244. The van der Waals surface area contributed by atoms with E-state index in [1.165, 1.54) is 22.7 Å². The van der Waals surface area contributed by atoms with E-state index in [1.807, 2.05) is 42.5 Å². The summed E-state index contributed by atoms with van der Waals surface area (Å²) in [6, 6.07) is 23.0. The predicted octanol–water partition coefficient (Wildman–Crippen LogP) is 5.36. The molecule has 4 aromatic rings. The van der Waals surface area contributed by atoms with Gasteiger partial charge in [-0.25, -0.2) is 0 Å². The van der Waals surface area contributed by atoms with E-state index >= 15 is 0 Å². The number of aryl methyl sites for hydroxylation is 1. The van der Waals surface area contributed by atoms with E-state index in [1.54, 1.807) is 18.2 Å². The van der Waals surface area contributed by atoms with Crippen molar-refractivity contribution in [3.63, 3.8) is 0 Å². The topological polar surface area (TPSA) is 71.1 Å². The van der Waals surface area contributed by atoms with Crippen LogP contribution in [0.3, 0.4) is 0 Å². The molecular weight excluding hydrogens is 406 g/mol. The number of benzene rings is 3. The van der Waals surface area contributed by atoms with Crippen LogP contribution in [-0.2, 0) is 6.42 Å². The fraction of sp³-hybridized carbons (Fsp3) is 0.160. The Hall–Kier alpha value is -3.51. The van der Waals surface area contributed by atoms with Crippen molar-refractivity contribution in [2.75, 3.05) is 5.32 Å². The molecular formula is C25H21N3O2S. The van der Waals surface area contributed by atoms with Crippen LogP contribution in [0.2, 0.25) is 0 Å². The van der Waals surface area contributed by atoms with Crippen LogP contribution in [0.5, 0.6) is 0 Å². The van der Waals surface area contributed by atoms with Crippen LogP contribution in [0, 0.1) is 0 Å². The maximum absolute atomic E-state index is 13.1. The van der Waals surface area contributed by atoms with E-state index in [2.05, 4.69) is 27.1 Å². The lowest BCUT2D eigenvalue weighted by atomic mass is 9.87. The Labute approximate surface area is 184 Å². The number of nitrogens with one attached hydrogen (secondary N) is 2. The van der Waals surface area contributed by atoms with Gasteiger partial charge in [0.1, 0.15) is 5.69 Å². The number of nitrogens with zero attached hydrogens (tertiary/aromatic N) is 1. The molecule has 2 amide bonds. The molecule has 0 spiro atoms. The fourth-order valence-electron chi connectivity index (χ4n) is 4.16. The van der Waals surface area contributed by atoms with Gasteiger partial charge in [0.25, 0.3) is 11.8 Å². The number of anilines is 1. The van der Waals surface area contributed by atoms with Crippen molar-refractivity contribution < 1.29 is 9.59 Å². The van der Waals surface area contributed by atoms with Gasteiger partial charge in [0.05, 0.1) is 22.0 Å². The third kappa shape index (κ3) is 3.82. The first kappa shape index (κ1) is 19.5. The van der Waals surface area contributed by atoms with E-state index in [4.69, 9.17) is 0 Å². The summed E-state index contributed by atoms with van der Waals surface area (Å²) in [5.41, 5.74) is 3.76. The number of hydrogen-bond acceptors (Lipinski definition) is 4. The zero-order valence-corrected chi connectivity index (χ0v) is 17.6. The van der Waals surface area contributed by atoms with Crippen molar-refractivity contribution in [2.45, 2.75) is 25.3 Å². The predicted molar refractivity (Wildman–Crippen MR) is 124 cm³/mol. The van der Waals surface area contributed by atoms with Gasteiger partial charge >= 0.3 is 0 Å². The van der Waals surface area contributed by atoms with Gasteiger partial charge in [-0.05, 0) is 60.1 Å². The van der Waals surface area contributed by atoms with Crippen molar-refractivity contribution in [1.82, 2.24) is 9.69 Å². The fourth-order valence-corrected chi connectivity index (χ4v) is 4.93. The van der Waals surface area contributed by atoms with Crippen molar-refractivity contribution in [2.24, 2.45) is 0 Å². The van der Waals surface area contributed by atoms with Crippen molar-refractivity contribution >= 4 is 39.1 Å². The molecule has 0 fully saturated rings. The normalized spacial score (nSPS) is 15.3. The van der Waals surface area contributed by atoms with Crippen molar-refractivity contribution in [3.05, 3.63) is 95.2 Å². The van der Waals surface area contributed by atoms with Gasteiger partial charge < -0.3 is 10.6 Å². The summed E-state index contributed by atoms with van der Waals surface area (Å²) in [7, 11) is 0. The molecule has 2 N–H and O–H groups in total. The molecule has 1 aromatic heterocycles. The van der Waals surface area contributed by atoms with Crippen LogP contribution in [0.15, 0.2) is 72.8 Å². The van der Waals surface area contributed by atoms with Gasteiger partial charge in [0, 0.05) is 5.39 Å². The number of hydrogen-bond donors (Lipinski definition) is 2. The molecule has 0 saturated carbocycles. The van der Waals surface area contributed by atoms with E-state index in [0.717, 1.165) is 29.3 Å². The lowest BCUT2D eigenvalue weighted by Crippen LogP contribution is -2.31. The molecule has 3 aromatic carbocycles. The highest BCUT2D eigenvalue weighted by Crippen LogP contribution is 2.30. The van der Waals surface area contributed by atoms with E-state index in [9.17, 15) is 9.59 Å². The molecule has 6 heteroatoms. The monoisotopic (exact) mass is 427 g/mol. The standard InChI is InChI=1S/C25H21N3O2S/c29-24(26-20-14-7-9-16-8-1-2-10-17(16)20)18-11-3-5-13-21(18)27-25(30)23-19-12-4-6-15-22(19)31-28-23/h1-6,8,10-13,15,20H,7,9,14H2,(H,26,29)(H,27,30)/t20-/m0/s1. The molecule has 0 aliphatic heterocycles. The minimum Gasteiger partial charge on any atom is -0.345 e. The zero-order chi connectivity index (χ0) is 21.2. The van der Waals surface area contributed by atoms with Gasteiger partial charge in [-0.3, -0.25) is 9.59 Å². The molecule has 0 radical (unpaired) electrons. The van der Waals surface area contributed by atoms with Gasteiger partial charge in [-0.2, -0.15) is 4.37 Å². The van der Waals surface area contributed by atoms with Crippen LogP contribution >= 0.6 is 11.5 Å². The summed E-state index contributed by atoms with van der Waals surface area (Å²) < 4.78 is 5.27. The Morgan fingerprint density at radius 3 is 2.61 bits per heavy atom. The van der Waals surface area contributed by atoms with Crippen LogP contribution in [0.4, 0.5) is 5.69 Å². The van der Waals surface area contributed by atoms with Crippen LogP contribution in [0.1, 0.15) is 50.9 Å². The summed E-state index contributed by atoms with van der Waals surface area (Å²) in [5, 5.41) is 6.86. The molecule has 1 atom stereocenters. The molecule has 1 aliphatic rings. The van der Waals surface area contributed by atoms with Gasteiger partial charge in [0.15, 0.2) is 0 Å². The summed E-state index contributed by atoms with van der Waals surface area (Å²) in [6.07, 6.45) is 2.98. The number of fused-ring (bicyclic) bond motifs is 2. The molecule has 0 unspecified atom stereocenters. The SMILES string of the molecule is O=C(N[C@H]1CCCc2ccccc21)c1ccccc1NC(=O)c1nsc2ccccc12. The van der Waals surface area contributed by atoms with Gasteiger partial charge in [0.2, 0.25) is 0 Å². The number of para-hydroxylation sites is 1. The third-order valence-corrected chi connectivity index (χ3v) is 6.51. The Kier molecular flexibility index (Phi) is 5.22. The molecule has 5 nitrogen and oxygen atoms in total. The number of carbonyl (C=O) groups excluding carboxylic acids is 2. The average Bonchev–Trinajstić information content (AvgIpc) is 3.24. The number of carbonyl (C=O) groups is 2. The van der Waals surface area contributed by atoms with Crippen molar-refractivity contribution in [1.29, 1.82) is 0 Å². The first-order valence-electron chi connectivity index (χ1n) is 10.3. The summed E-state index contributed by atoms with van der Waals surface area (Å²) in [5.74, 6) is -0.513. The maximum atomic E-state index is 13.1. The average molecular weight is 428 g/mol. The Morgan fingerprint density at radius 2 is 1.68 bits per heavy atom. The Balaban J connectivity index is 1.38. The smallest absolute Gasteiger partial charge is 0.276 e. The van der Waals surface area contributed by atoms with E-state index < -0.39 is 0 Å². The quantitative estimate of drug-likeness (QED) is 0.461. The highest BCUT2D eigenvalue weighted by atomic mass is 32.1. The van der Waals surface area contributed by atoms with Crippen molar-refractivity contribution in [3.8, 4) is 0 Å². The number of aromatic nitrogens is 1.